The van der Waals surface area contributed by atoms with Crippen LogP contribution in [0, 0.1) is 10.1 Å². The molecule has 0 aliphatic heterocycles. The van der Waals surface area contributed by atoms with E-state index in [4.69, 9.17) is 4.74 Å². The fraction of sp³-hybridized carbons (Fsp3) is 0.385. The van der Waals surface area contributed by atoms with E-state index in [0.29, 0.717) is 6.29 Å². The summed E-state index contributed by atoms with van der Waals surface area (Å²) < 4.78 is 5.21. The molecule has 0 unspecified atom stereocenters. The summed E-state index contributed by atoms with van der Waals surface area (Å²) >= 11 is 0. The highest BCUT2D eigenvalue weighted by Crippen LogP contribution is 2.28. The van der Waals surface area contributed by atoms with Gasteiger partial charge < -0.3 is 9.64 Å². The van der Waals surface area contributed by atoms with Gasteiger partial charge in [-0.15, -0.1) is 0 Å². The number of nitrogens with zero attached hydrogens (tertiary/aromatic N) is 2. The molecule has 7 nitrogen and oxygen atoms in total. The third-order valence-corrected chi connectivity index (χ3v) is 3.16. The molecule has 0 atom stereocenters. The molecule has 2 rings (SSSR count). The molecule has 0 radical (unpaired) electrons. The maximum Gasteiger partial charge on any atom is 0.310 e. The number of hydrogen-bond donors (Lipinski definition) is 0. The van der Waals surface area contributed by atoms with Gasteiger partial charge in [-0.05, 0) is 25.0 Å². The maximum absolute atomic E-state index is 11.8. The van der Waals surface area contributed by atoms with E-state index in [0.717, 1.165) is 12.8 Å². The SMILES string of the molecule is CN(C(=O)COc1cc(C=O)ccc1[N+](=O)[O-])C1CC1. The van der Waals surface area contributed by atoms with Crippen molar-refractivity contribution < 1.29 is 19.2 Å². The third kappa shape index (κ3) is 3.11. The molecule has 0 aromatic heterocycles. The number of amides is 1. The summed E-state index contributed by atoms with van der Waals surface area (Å²) in [6, 6.07) is 4.03. The third-order valence-electron chi connectivity index (χ3n) is 3.16. The van der Waals surface area contributed by atoms with Crippen LogP contribution in [0.25, 0.3) is 0 Å². The van der Waals surface area contributed by atoms with Gasteiger partial charge in [0.25, 0.3) is 5.91 Å². The minimum atomic E-state index is -0.612. The van der Waals surface area contributed by atoms with Crippen molar-refractivity contribution in [2.75, 3.05) is 13.7 Å². The molecule has 0 heterocycles. The number of benzene rings is 1. The Morgan fingerprint density at radius 1 is 1.55 bits per heavy atom. The minimum absolute atomic E-state index is 0.0721. The Kier molecular flexibility index (Phi) is 3.97. The van der Waals surface area contributed by atoms with Crippen molar-refractivity contribution in [3.05, 3.63) is 33.9 Å². The molecule has 1 fully saturated rings. The van der Waals surface area contributed by atoms with Gasteiger partial charge in [-0.2, -0.15) is 0 Å². The van der Waals surface area contributed by atoms with Gasteiger partial charge in [-0.25, -0.2) is 0 Å². The van der Waals surface area contributed by atoms with E-state index in [-0.39, 0.29) is 35.6 Å². The average Bonchev–Trinajstić information content (AvgIpc) is 3.27. The summed E-state index contributed by atoms with van der Waals surface area (Å²) in [5.74, 6) is -0.310. The van der Waals surface area contributed by atoms with E-state index in [2.05, 4.69) is 0 Å². The maximum atomic E-state index is 11.8. The number of carbonyl (C=O) groups is 2. The summed E-state index contributed by atoms with van der Waals surface area (Å²) in [6.45, 7) is -0.282. The van der Waals surface area contributed by atoms with Gasteiger partial charge in [-0.1, -0.05) is 0 Å². The van der Waals surface area contributed by atoms with Crippen LogP contribution in [0.1, 0.15) is 23.2 Å². The normalized spacial score (nSPS) is 13.7. The van der Waals surface area contributed by atoms with Crippen molar-refractivity contribution >= 4 is 17.9 Å². The summed E-state index contributed by atoms with van der Waals surface area (Å²) in [7, 11) is 1.68. The first kappa shape index (κ1) is 14.0. The molecule has 1 aromatic carbocycles. The molecule has 1 aliphatic rings. The largest absolute Gasteiger partial charge is 0.477 e. The molecule has 1 saturated carbocycles. The number of hydrogen-bond acceptors (Lipinski definition) is 5. The van der Waals surface area contributed by atoms with Gasteiger partial charge in [0.2, 0.25) is 0 Å². The molecule has 1 amide bonds. The first-order chi connectivity index (χ1) is 9.52. The van der Waals surface area contributed by atoms with Crippen molar-refractivity contribution in [3.8, 4) is 5.75 Å². The lowest BCUT2D eigenvalue weighted by Gasteiger charge is -2.16. The van der Waals surface area contributed by atoms with Gasteiger partial charge in [-0.3, -0.25) is 19.7 Å². The van der Waals surface area contributed by atoms with Crippen molar-refractivity contribution in [1.29, 1.82) is 0 Å². The smallest absolute Gasteiger partial charge is 0.310 e. The highest BCUT2D eigenvalue weighted by molar-refractivity contribution is 5.79. The Hall–Kier alpha value is -2.44. The Morgan fingerprint density at radius 2 is 2.25 bits per heavy atom. The number of carbonyl (C=O) groups excluding carboxylic acids is 2. The number of likely N-dealkylation sites (N-methyl/N-ethyl adjacent to an activating group) is 1. The zero-order valence-electron chi connectivity index (χ0n) is 10.9. The summed E-state index contributed by atoms with van der Waals surface area (Å²) in [6.07, 6.45) is 2.51. The van der Waals surface area contributed by atoms with Crippen LogP contribution < -0.4 is 4.74 Å². The van der Waals surface area contributed by atoms with Crippen LogP contribution in [0.2, 0.25) is 0 Å². The van der Waals surface area contributed by atoms with Crippen LogP contribution in [-0.2, 0) is 4.79 Å². The number of ether oxygens (including phenoxy) is 1. The Bertz CT molecular complexity index is 554. The molecule has 106 valence electrons. The zero-order valence-corrected chi connectivity index (χ0v) is 10.9. The van der Waals surface area contributed by atoms with Crippen molar-refractivity contribution in [2.45, 2.75) is 18.9 Å². The summed E-state index contributed by atoms with van der Waals surface area (Å²) in [5.41, 5.74) is -0.00827. The Morgan fingerprint density at radius 3 is 2.80 bits per heavy atom. The number of nitro benzene ring substituents is 1. The topological polar surface area (TPSA) is 89.8 Å². The van der Waals surface area contributed by atoms with Gasteiger partial charge in [0.15, 0.2) is 12.4 Å². The average molecular weight is 278 g/mol. The second kappa shape index (κ2) is 5.68. The lowest BCUT2D eigenvalue weighted by Crippen LogP contribution is -2.33. The molecule has 20 heavy (non-hydrogen) atoms. The first-order valence-corrected chi connectivity index (χ1v) is 6.15. The number of rotatable bonds is 6. The Balaban J connectivity index is 2.08. The fourth-order valence-electron chi connectivity index (χ4n) is 1.78. The summed E-state index contributed by atoms with van der Waals surface area (Å²) in [4.78, 5) is 34.3. The zero-order chi connectivity index (χ0) is 14.7. The van der Waals surface area contributed by atoms with Crippen molar-refractivity contribution in [1.82, 2.24) is 4.90 Å². The van der Waals surface area contributed by atoms with Crippen LogP contribution in [0.5, 0.6) is 5.75 Å². The van der Waals surface area contributed by atoms with Crippen LogP contribution in [-0.4, -0.2) is 41.7 Å². The van der Waals surface area contributed by atoms with E-state index < -0.39 is 4.92 Å². The second-order valence-corrected chi connectivity index (χ2v) is 4.63. The molecular formula is C13H14N2O5. The highest BCUT2D eigenvalue weighted by atomic mass is 16.6. The van der Waals surface area contributed by atoms with Crippen molar-refractivity contribution in [2.24, 2.45) is 0 Å². The lowest BCUT2D eigenvalue weighted by molar-refractivity contribution is -0.385. The Labute approximate surface area is 115 Å². The molecule has 0 bridgehead atoms. The first-order valence-electron chi connectivity index (χ1n) is 6.15. The molecular weight excluding hydrogens is 264 g/mol. The second-order valence-electron chi connectivity index (χ2n) is 4.63. The van der Waals surface area contributed by atoms with Gasteiger partial charge in [0, 0.05) is 24.7 Å². The van der Waals surface area contributed by atoms with E-state index in [1.807, 2.05) is 0 Å². The number of nitro groups is 1. The van der Waals surface area contributed by atoms with Crippen LogP contribution >= 0.6 is 0 Å². The minimum Gasteiger partial charge on any atom is -0.477 e. The van der Waals surface area contributed by atoms with E-state index in [9.17, 15) is 19.7 Å². The molecule has 1 aromatic rings. The molecule has 0 saturated heterocycles. The van der Waals surface area contributed by atoms with Gasteiger partial charge in [0.1, 0.15) is 6.29 Å². The van der Waals surface area contributed by atoms with Gasteiger partial charge >= 0.3 is 5.69 Å². The van der Waals surface area contributed by atoms with Crippen molar-refractivity contribution in [3.63, 3.8) is 0 Å². The van der Waals surface area contributed by atoms with E-state index >= 15 is 0 Å². The van der Waals surface area contributed by atoms with Crippen LogP contribution in [0.4, 0.5) is 5.69 Å². The predicted octanol–water partition coefficient (Wildman–Crippen LogP) is 1.41. The van der Waals surface area contributed by atoms with E-state index in [1.54, 1.807) is 11.9 Å². The van der Waals surface area contributed by atoms with Crippen LogP contribution in [0.15, 0.2) is 18.2 Å². The molecule has 0 N–H and O–H groups in total. The lowest BCUT2D eigenvalue weighted by atomic mass is 10.2. The predicted molar refractivity (Wildman–Crippen MR) is 69.8 cm³/mol. The fourth-order valence-corrected chi connectivity index (χ4v) is 1.78. The van der Waals surface area contributed by atoms with E-state index in [1.165, 1.54) is 18.2 Å². The molecule has 1 aliphatic carbocycles. The quantitative estimate of drug-likeness (QED) is 0.446. The van der Waals surface area contributed by atoms with Gasteiger partial charge in [0.05, 0.1) is 4.92 Å². The standard InChI is InChI=1S/C13H14N2O5/c1-14(10-3-4-10)13(17)8-20-12-6-9(7-16)2-5-11(12)15(18)19/h2,5-7,10H,3-4,8H2,1H3. The summed E-state index contributed by atoms with van der Waals surface area (Å²) in [5, 5.41) is 10.9. The monoisotopic (exact) mass is 278 g/mol. The highest BCUT2D eigenvalue weighted by Gasteiger charge is 2.30. The molecule has 7 heteroatoms. The molecule has 0 spiro atoms. The van der Waals surface area contributed by atoms with Crippen LogP contribution in [0.3, 0.4) is 0 Å². The number of aldehydes is 1.